The van der Waals surface area contributed by atoms with Gasteiger partial charge in [-0.2, -0.15) is 0 Å². The molecule has 26 heavy (non-hydrogen) atoms. The molecule has 2 N–H and O–H groups in total. The number of hydrogen-bond acceptors (Lipinski definition) is 7. The summed E-state index contributed by atoms with van der Waals surface area (Å²) in [7, 11) is -1.26. The zero-order valence-corrected chi connectivity index (χ0v) is 17.0. The third kappa shape index (κ3) is 5.44. The van der Waals surface area contributed by atoms with Crippen LogP contribution in [0.3, 0.4) is 0 Å². The van der Waals surface area contributed by atoms with E-state index in [-0.39, 0.29) is 17.4 Å². The lowest BCUT2D eigenvalue weighted by molar-refractivity contribution is -0.119. The maximum Gasteiger partial charge on any atom is 0.321 e. The second kappa shape index (κ2) is 8.38. The molecular weight excluding hydrogens is 378 g/mol. The number of sulfone groups is 1. The van der Waals surface area contributed by atoms with Crippen molar-refractivity contribution in [2.75, 3.05) is 18.1 Å². The molecular formula is C15H25N5O4S2. The van der Waals surface area contributed by atoms with Crippen LogP contribution in [0.25, 0.3) is 0 Å². The van der Waals surface area contributed by atoms with Crippen molar-refractivity contribution in [3.63, 3.8) is 0 Å². The average Bonchev–Trinajstić information content (AvgIpc) is 3.08. The van der Waals surface area contributed by atoms with Crippen LogP contribution in [0.2, 0.25) is 0 Å². The number of amides is 3. The predicted octanol–water partition coefficient (Wildman–Crippen LogP) is 0.680. The van der Waals surface area contributed by atoms with Gasteiger partial charge in [0.25, 0.3) is 0 Å². The molecule has 11 heteroatoms. The molecule has 3 amide bonds. The van der Waals surface area contributed by atoms with Crippen molar-refractivity contribution < 1.29 is 18.0 Å². The van der Waals surface area contributed by atoms with Gasteiger partial charge in [0.1, 0.15) is 5.82 Å². The van der Waals surface area contributed by atoms with Crippen molar-refractivity contribution in [1.82, 2.24) is 25.4 Å². The number of carbonyl (C=O) groups excluding carboxylic acids is 2. The third-order valence-corrected chi connectivity index (χ3v) is 6.93. The highest BCUT2D eigenvalue weighted by Gasteiger charge is 2.33. The van der Waals surface area contributed by atoms with Gasteiger partial charge < -0.3 is 9.88 Å². The highest BCUT2D eigenvalue weighted by molar-refractivity contribution is 8.00. The summed E-state index contributed by atoms with van der Waals surface area (Å²) < 4.78 is 25.0. The first-order valence-electron chi connectivity index (χ1n) is 8.44. The monoisotopic (exact) mass is 403 g/mol. The van der Waals surface area contributed by atoms with Gasteiger partial charge in [-0.25, -0.2) is 13.2 Å². The average molecular weight is 404 g/mol. The maximum absolute atomic E-state index is 12.1. The summed E-state index contributed by atoms with van der Waals surface area (Å²) in [6, 6.07) is -0.522. The van der Waals surface area contributed by atoms with Crippen LogP contribution in [0.4, 0.5) is 4.79 Å². The summed E-state index contributed by atoms with van der Waals surface area (Å²) in [4.78, 5) is 23.8. The van der Waals surface area contributed by atoms with Gasteiger partial charge in [-0.15, -0.1) is 10.2 Å². The molecule has 0 aromatic carbocycles. The Morgan fingerprint density at radius 2 is 2.00 bits per heavy atom. The molecule has 1 aliphatic heterocycles. The quantitative estimate of drug-likeness (QED) is 0.670. The van der Waals surface area contributed by atoms with Crippen LogP contribution >= 0.6 is 11.8 Å². The van der Waals surface area contributed by atoms with E-state index in [4.69, 9.17) is 0 Å². The summed E-state index contributed by atoms with van der Waals surface area (Å²) in [6.45, 7) is 6.07. The third-order valence-electron chi connectivity index (χ3n) is 4.03. The molecule has 0 saturated carbocycles. The van der Waals surface area contributed by atoms with E-state index in [0.29, 0.717) is 29.9 Å². The van der Waals surface area contributed by atoms with E-state index in [9.17, 15) is 18.0 Å². The van der Waals surface area contributed by atoms with Gasteiger partial charge in [-0.05, 0) is 19.3 Å². The first kappa shape index (κ1) is 20.7. The Hall–Kier alpha value is -1.62. The summed E-state index contributed by atoms with van der Waals surface area (Å²) in [5.41, 5.74) is 0. The number of aromatic nitrogens is 3. The Morgan fingerprint density at radius 3 is 2.58 bits per heavy atom. The summed E-state index contributed by atoms with van der Waals surface area (Å²) in [5, 5.41) is 13.1. The SMILES string of the molecule is CC(C)CNC(=O)NC(=O)C(C)Sc1nnc(C2CCS(=O)(=O)C2)n1C. The van der Waals surface area contributed by atoms with Crippen molar-refractivity contribution in [2.24, 2.45) is 13.0 Å². The lowest BCUT2D eigenvalue weighted by atomic mass is 10.1. The molecule has 0 spiro atoms. The molecule has 1 aliphatic rings. The molecule has 2 unspecified atom stereocenters. The van der Waals surface area contributed by atoms with Gasteiger partial charge in [-0.3, -0.25) is 10.1 Å². The number of rotatable bonds is 6. The molecule has 1 fully saturated rings. The Labute approximate surface area is 157 Å². The molecule has 0 bridgehead atoms. The predicted molar refractivity (Wildman–Crippen MR) is 98.7 cm³/mol. The van der Waals surface area contributed by atoms with E-state index in [2.05, 4.69) is 20.8 Å². The second-order valence-electron chi connectivity index (χ2n) is 6.85. The summed E-state index contributed by atoms with van der Waals surface area (Å²) >= 11 is 1.17. The fourth-order valence-corrected chi connectivity index (χ4v) is 5.11. The molecule has 2 rings (SSSR count). The van der Waals surface area contributed by atoms with E-state index in [1.165, 1.54) is 11.8 Å². The molecule has 2 atom stereocenters. The lowest BCUT2D eigenvalue weighted by Gasteiger charge is -2.13. The molecule has 9 nitrogen and oxygen atoms in total. The molecule has 1 aromatic heterocycles. The first-order valence-corrected chi connectivity index (χ1v) is 11.1. The number of carbonyl (C=O) groups is 2. The molecule has 1 aromatic rings. The second-order valence-corrected chi connectivity index (χ2v) is 10.4. The normalized spacial score (nSPS) is 20.1. The van der Waals surface area contributed by atoms with Gasteiger partial charge in [0.15, 0.2) is 15.0 Å². The van der Waals surface area contributed by atoms with Gasteiger partial charge in [0.05, 0.1) is 16.8 Å². The highest BCUT2D eigenvalue weighted by atomic mass is 32.2. The largest absolute Gasteiger partial charge is 0.338 e. The number of thioether (sulfide) groups is 1. The summed E-state index contributed by atoms with van der Waals surface area (Å²) in [5.74, 6) is 0.546. The zero-order chi connectivity index (χ0) is 19.5. The van der Waals surface area contributed by atoms with Crippen LogP contribution in [0.1, 0.15) is 38.9 Å². The molecule has 2 heterocycles. The van der Waals surface area contributed by atoms with E-state index >= 15 is 0 Å². The topological polar surface area (TPSA) is 123 Å². The Morgan fingerprint density at radius 1 is 1.31 bits per heavy atom. The number of nitrogens with one attached hydrogen (secondary N) is 2. The fraction of sp³-hybridized carbons (Fsp3) is 0.733. The van der Waals surface area contributed by atoms with Crippen LogP contribution < -0.4 is 10.6 Å². The lowest BCUT2D eigenvalue weighted by Crippen LogP contribution is -2.43. The number of imide groups is 1. The molecule has 0 radical (unpaired) electrons. The highest BCUT2D eigenvalue weighted by Crippen LogP contribution is 2.30. The van der Waals surface area contributed by atoms with Crippen LogP contribution in [-0.4, -0.2) is 58.4 Å². The standard InChI is InChI=1S/C15H25N5O4S2/c1-9(2)7-16-14(22)17-13(21)10(3)25-15-19-18-12(20(15)4)11-5-6-26(23,24)8-11/h9-11H,5-8H2,1-4H3,(H2,16,17,21,22). The number of urea groups is 1. The minimum Gasteiger partial charge on any atom is -0.338 e. The first-order chi connectivity index (χ1) is 12.1. The van der Waals surface area contributed by atoms with Crippen LogP contribution in [0.15, 0.2) is 5.16 Å². The van der Waals surface area contributed by atoms with Crippen molar-refractivity contribution in [2.45, 2.75) is 43.5 Å². The maximum atomic E-state index is 12.1. The van der Waals surface area contributed by atoms with Crippen molar-refractivity contribution in [3.8, 4) is 0 Å². The van der Waals surface area contributed by atoms with Crippen molar-refractivity contribution in [1.29, 1.82) is 0 Å². The Kier molecular flexibility index (Phi) is 6.67. The summed E-state index contributed by atoms with van der Waals surface area (Å²) in [6.07, 6.45) is 0.533. The van der Waals surface area contributed by atoms with E-state index in [0.717, 1.165) is 0 Å². The van der Waals surface area contributed by atoms with E-state index in [1.807, 2.05) is 13.8 Å². The smallest absolute Gasteiger partial charge is 0.321 e. The Bertz CT molecular complexity index is 775. The van der Waals surface area contributed by atoms with Gasteiger partial charge >= 0.3 is 6.03 Å². The van der Waals surface area contributed by atoms with Gasteiger partial charge in [0.2, 0.25) is 5.91 Å². The molecule has 1 saturated heterocycles. The fourth-order valence-electron chi connectivity index (χ4n) is 2.55. The van der Waals surface area contributed by atoms with Gasteiger partial charge in [-0.1, -0.05) is 25.6 Å². The molecule has 146 valence electrons. The van der Waals surface area contributed by atoms with Crippen LogP contribution in [0.5, 0.6) is 0 Å². The van der Waals surface area contributed by atoms with Crippen LogP contribution in [-0.2, 0) is 21.7 Å². The van der Waals surface area contributed by atoms with Gasteiger partial charge in [0, 0.05) is 19.5 Å². The molecule has 0 aliphatic carbocycles. The van der Waals surface area contributed by atoms with E-state index in [1.54, 1.807) is 18.5 Å². The van der Waals surface area contributed by atoms with Crippen molar-refractivity contribution >= 4 is 33.5 Å². The minimum absolute atomic E-state index is 0.0791. The Balaban J connectivity index is 1.94. The zero-order valence-electron chi connectivity index (χ0n) is 15.4. The van der Waals surface area contributed by atoms with Crippen molar-refractivity contribution in [3.05, 3.63) is 5.82 Å². The number of nitrogens with zero attached hydrogens (tertiary/aromatic N) is 3. The van der Waals surface area contributed by atoms with E-state index < -0.39 is 27.0 Å². The van der Waals surface area contributed by atoms with Crippen LogP contribution in [0, 0.1) is 5.92 Å². The minimum atomic E-state index is -3.01. The number of hydrogen-bond donors (Lipinski definition) is 2.